The number of hydrogen-bond donors (Lipinski definition) is 3. The van der Waals surface area contributed by atoms with Crippen molar-refractivity contribution < 1.29 is 24.2 Å². The molecule has 0 saturated heterocycles. The van der Waals surface area contributed by atoms with Gasteiger partial charge in [-0.2, -0.15) is 0 Å². The molecule has 0 bridgehead atoms. The SMILES string of the molecule is CC(=O)NC(CCP(C)(=O)O)C(=O)O. The van der Waals surface area contributed by atoms with E-state index in [0.717, 1.165) is 6.66 Å². The number of carbonyl (C=O) groups excluding carboxylic acids is 1. The van der Waals surface area contributed by atoms with Gasteiger partial charge in [0.1, 0.15) is 6.04 Å². The number of rotatable bonds is 5. The van der Waals surface area contributed by atoms with Crippen molar-refractivity contribution in [1.29, 1.82) is 0 Å². The van der Waals surface area contributed by atoms with Crippen molar-refractivity contribution in [2.45, 2.75) is 19.4 Å². The molecule has 0 aromatic rings. The first-order valence-electron chi connectivity index (χ1n) is 4.01. The highest BCUT2D eigenvalue weighted by Gasteiger charge is 2.21. The third-order valence-corrected chi connectivity index (χ3v) is 2.60. The standard InChI is InChI=1S/C7H14NO5P/c1-5(9)8-6(7(10)11)3-4-14(2,12)13/h6H,3-4H2,1-2H3,(H,8,9)(H,10,11)(H,12,13). The molecule has 0 heterocycles. The molecule has 3 N–H and O–H groups in total. The van der Waals surface area contributed by atoms with Gasteiger partial charge in [-0.15, -0.1) is 0 Å². The summed E-state index contributed by atoms with van der Waals surface area (Å²) in [5.41, 5.74) is 0. The summed E-state index contributed by atoms with van der Waals surface area (Å²) in [5.74, 6) is -1.67. The average molecular weight is 223 g/mol. The Balaban J connectivity index is 4.18. The number of aliphatic carboxylic acids is 1. The number of carbonyl (C=O) groups is 2. The fourth-order valence-corrected chi connectivity index (χ4v) is 1.61. The van der Waals surface area contributed by atoms with Gasteiger partial charge >= 0.3 is 5.97 Å². The highest BCUT2D eigenvalue weighted by atomic mass is 31.2. The van der Waals surface area contributed by atoms with Gasteiger partial charge in [-0.05, 0) is 6.42 Å². The van der Waals surface area contributed by atoms with Crippen molar-refractivity contribution in [3.8, 4) is 0 Å². The summed E-state index contributed by atoms with van der Waals surface area (Å²) in [6.45, 7) is 2.35. The van der Waals surface area contributed by atoms with Gasteiger partial charge in [0.2, 0.25) is 5.91 Å². The molecule has 0 aromatic carbocycles. The average Bonchev–Trinajstić information content (AvgIpc) is 1.94. The lowest BCUT2D eigenvalue weighted by atomic mass is 10.2. The largest absolute Gasteiger partial charge is 0.480 e. The van der Waals surface area contributed by atoms with E-state index in [1.54, 1.807) is 0 Å². The molecule has 82 valence electrons. The molecule has 0 aromatic heterocycles. The van der Waals surface area contributed by atoms with Crippen LogP contribution in [0.3, 0.4) is 0 Å². The van der Waals surface area contributed by atoms with Crippen LogP contribution in [-0.2, 0) is 14.2 Å². The van der Waals surface area contributed by atoms with Gasteiger partial charge in [-0.1, -0.05) is 0 Å². The van der Waals surface area contributed by atoms with Crippen molar-refractivity contribution in [2.75, 3.05) is 12.8 Å². The predicted octanol–water partition coefficient (Wildman–Crippen LogP) is -0.134. The van der Waals surface area contributed by atoms with Gasteiger partial charge in [0.25, 0.3) is 0 Å². The van der Waals surface area contributed by atoms with Crippen LogP contribution in [0, 0.1) is 0 Å². The molecule has 0 spiro atoms. The maximum Gasteiger partial charge on any atom is 0.326 e. The topological polar surface area (TPSA) is 104 Å². The lowest BCUT2D eigenvalue weighted by Gasteiger charge is -2.13. The van der Waals surface area contributed by atoms with Crippen LogP contribution < -0.4 is 5.32 Å². The zero-order valence-corrected chi connectivity index (χ0v) is 8.95. The minimum atomic E-state index is -3.22. The molecule has 0 aliphatic rings. The van der Waals surface area contributed by atoms with Gasteiger partial charge in [0, 0.05) is 19.8 Å². The molecule has 1 amide bonds. The number of carboxylic acid groups (broad SMARTS) is 1. The summed E-state index contributed by atoms with van der Waals surface area (Å²) >= 11 is 0. The Morgan fingerprint density at radius 1 is 1.50 bits per heavy atom. The Labute approximate surface area is 81.8 Å². The molecule has 0 aliphatic heterocycles. The monoisotopic (exact) mass is 223 g/mol. The maximum absolute atomic E-state index is 10.9. The molecular weight excluding hydrogens is 209 g/mol. The molecule has 0 radical (unpaired) electrons. The van der Waals surface area contributed by atoms with E-state index >= 15 is 0 Å². The van der Waals surface area contributed by atoms with E-state index in [2.05, 4.69) is 5.32 Å². The second kappa shape index (κ2) is 5.12. The van der Waals surface area contributed by atoms with E-state index in [-0.39, 0.29) is 12.6 Å². The molecule has 14 heavy (non-hydrogen) atoms. The van der Waals surface area contributed by atoms with Crippen LogP contribution in [-0.4, -0.2) is 40.7 Å². The molecule has 6 nitrogen and oxygen atoms in total. The van der Waals surface area contributed by atoms with Gasteiger partial charge in [0.15, 0.2) is 7.37 Å². The Bertz CT molecular complexity index is 271. The summed E-state index contributed by atoms with van der Waals surface area (Å²) < 4.78 is 10.9. The van der Waals surface area contributed by atoms with Crippen LogP contribution >= 0.6 is 7.37 Å². The molecule has 2 atom stereocenters. The summed E-state index contributed by atoms with van der Waals surface area (Å²) in [6.07, 6.45) is -0.163. The van der Waals surface area contributed by atoms with Gasteiger partial charge in [-0.25, -0.2) is 4.79 Å². The van der Waals surface area contributed by atoms with E-state index in [4.69, 9.17) is 10.00 Å². The number of hydrogen-bond acceptors (Lipinski definition) is 3. The fraction of sp³-hybridized carbons (Fsp3) is 0.714. The Hall–Kier alpha value is -0.870. The molecular formula is C7H14NO5P. The first-order valence-corrected chi connectivity index (χ1v) is 6.31. The smallest absolute Gasteiger partial charge is 0.326 e. The van der Waals surface area contributed by atoms with Crippen molar-refractivity contribution in [3.63, 3.8) is 0 Å². The van der Waals surface area contributed by atoms with E-state index in [9.17, 15) is 14.2 Å². The summed E-state index contributed by atoms with van der Waals surface area (Å²) in [4.78, 5) is 30.1. The second-order valence-electron chi connectivity index (χ2n) is 3.15. The van der Waals surface area contributed by atoms with Crippen LogP contribution in [0.15, 0.2) is 0 Å². The molecule has 0 rings (SSSR count). The summed E-state index contributed by atoms with van der Waals surface area (Å²) in [5, 5.41) is 10.8. The molecule has 0 saturated carbocycles. The minimum Gasteiger partial charge on any atom is -0.480 e. The normalized spacial score (nSPS) is 16.8. The van der Waals surface area contributed by atoms with Crippen LogP contribution in [0.1, 0.15) is 13.3 Å². The zero-order valence-electron chi connectivity index (χ0n) is 8.06. The lowest BCUT2D eigenvalue weighted by Crippen LogP contribution is -2.40. The van der Waals surface area contributed by atoms with E-state index in [1.807, 2.05) is 0 Å². The fourth-order valence-electron chi connectivity index (χ4n) is 0.871. The lowest BCUT2D eigenvalue weighted by molar-refractivity contribution is -0.141. The Morgan fingerprint density at radius 3 is 2.29 bits per heavy atom. The van der Waals surface area contributed by atoms with Crippen molar-refractivity contribution in [2.24, 2.45) is 0 Å². The quantitative estimate of drug-likeness (QED) is 0.563. The van der Waals surface area contributed by atoms with Crippen LogP contribution in [0.5, 0.6) is 0 Å². The highest BCUT2D eigenvalue weighted by Crippen LogP contribution is 2.35. The minimum absolute atomic E-state index is 0.0425. The van der Waals surface area contributed by atoms with Crippen molar-refractivity contribution >= 4 is 19.2 Å². The summed E-state index contributed by atoms with van der Waals surface area (Å²) in [7, 11) is -3.22. The van der Waals surface area contributed by atoms with Crippen LogP contribution in [0.4, 0.5) is 0 Å². The number of nitrogens with one attached hydrogen (secondary N) is 1. The molecule has 0 fully saturated rings. The first-order chi connectivity index (χ1) is 6.22. The summed E-state index contributed by atoms with van der Waals surface area (Å²) in [6, 6.07) is -1.09. The first kappa shape index (κ1) is 13.1. The Morgan fingerprint density at radius 2 is 2.00 bits per heavy atom. The highest BCUT2D eigenvalue weighted by molar-refractivity contribution is 7.57. The third-order valence-electron chi connectivity index (χ3n) is 1.51. The van der Waals surface area contributed by atoms with Crippen molar-refractivity contribution in [1.82, 2.24) is 5.32 Å². The Kier molecular flexibility index (Phi) is 4.80. The maximum atomic E-state index is 10.9. The van der Waals surface area contributed by atoms with Gasteiger partial charge < -0.3 is 15.3 Å². The van der Waals surface area contributed by atoms with Gasteiger partial charge in [0.05, 0.1) is 0 Å². The second-order valence-corrected chi connectivity index (χ2v) is 5.70. The van der Waals surface area contributed by atoms with E-state index in [1.165, 1.54) is 6.92 Å². The predicted molar refractivity (Wildman–Crippen MR) is 50.5 cm³/mol. The van der Waals surface area contributed by atoms with Crippen LogP contribution in [0.25, 0.3) is 0 Å². The van der Waals surface area contributed by atoms with E-state index in [0.29, 0.717) is 0 Å². The number of amides is 1. The molecule has 7 heteroatoms. The van der Waals surface area contributed by atoms with Gasteiger partial charge in [-0.3, -0.25) is 9.36 Å². The number of carboxylic acids is 1. The zero-order chi connectivity index (χ0) is 11.4. The molecule has 0 aliphatic carbocycles. The van der Waals surface area contributed by atoms with Crippen LogP contribution in [0.2, 0.25) is 0 Å². The third kappa shape index (κ3) is 6.62. The van der Waals surface area contributed by atoms with Crippen molar-refractivity contribution in [3.05, 3.63) is 0 Å². The van der Waals surface area contributed by atoms with E-state index < -0.39 is 25.3 Å². The molecule has 2 unspecified atom stereocenters.